The second kappa shape index (κ2) is 15.8. The van der Waals surface area contributed by atoms with E-state index in [1.54, 1.807) is 67.3 Å². The van der Waals surface area contributed by atoms with Crippen LogP contribution in [0, 0.1) is 13.8 Å². The third kappa shape index (κ3) is 8.26. The van der Waals surface area contributed by atoms with Crippen molar-refractivity contribution < 1.29 is 23.9 Å². The highest BCUT2D eigenvalue weighted by molar-refractivity contribution is 6.38. The van der Waals surface area contributed by atoms with Crippen LogP contribution in [0.4, 0.5) is 0 Å². The molecule has 0 spiro atoms. The monoisotopic (exact) mass is 710 g/mol. The van der Waals surface area contributed by atoms with Crippen molar-refractivity contribution in [2.24, 2.45) is 5.73 Å². The summed E-state index contributed by atoms with van der Waals surface area (Å²) in [5, 5.41) is 12.9. The summed E-state index contributed by atoms with van der Waals surface area (Å²) in [6.45, 7) is 5.68. The van der Waals surface area contributed by atoms with Gasteiger partial charge in [0.2, 0.25) is 5.78 Å². The first-order valence-corrected chi connectivity index (χ1v) is 16.5. The first-order valence-electron chi connectivity index (χ1n) is 16.5. The van der Waals surface area contributed by atoms with E-state index in [4.69, 9.17) is 10.5 Å². The smallest absolute Gasteiger partial charge is 0.358 e. The molecule has 2 amide bonds. The molecule has 53 heavy (non-hydrogen) atoms. The number of aromatic nitrogens is 8. The zero-order chi connectivity index (χ0) is 37.5. The molecule has 15 nitrogen and oxygen atoms in total. The van der Waals surface area contributed by atoms with E-state index in [9.17, 15) is 19.2 Å². The van der Waals surface area contributed by atoms with Crippen LogP contribution in [0.1, 0.15) is 44.9 Å². The third-order valence-electron chi connectivity index (χ3n) is 7.97. The van der Waals surface area contributed by atoms with Gasteiger partial charge in [-0.2, -0.15) is 10.2 Å². The maximum Gasteiger partial charge on any atom is 0.358 e. The number of nitrogens with one attached hydrogen (secondary N) is 1. The van der Waals surface area contributed by atoms with E-state index in [2.05, 4.69) is 35.5 Å². The van der Waals surface area contributed by atoms with E-state index in [0.717, 1.165) is 33.1 Å². The number of para-hydroxylation sites is 2. The number of primary amides is 1. The lowest BCUT2D eigenvalue weighted by Crippen LogP contribution is -2.47. The molecule has 0 aliphatic heterocycles. The summed E-state index contributed by atoms with van der Waals surface area (Å²) in [7, 11) is 0. The maximum absolute atomic E-state index is 12.8. The van der Waals surface area contributed by atoms with Crippen LogP contribution in [-0.2, 0) is 20.7 Å². The number of amides is 2. The van der Waals surface area contributed by atoms with Gasteiger partial charge in [0.15, 0.2) is 11.4 Å². The molecule has 15 heteroatoms. The predicted molar refractivity (Wildman–Crippen MR) is 194 cm³/mol. The number of benzene rings is 3. The number of hydrogen-bond donors (Lipinski definition) is 2. The van der Waals surface area contributed by atoms with Gasteiger partial charge in [-0.05, 0) is 50.6 Å². The first-order chi connectivity index (χ1) is 25.6. The molecule has 3 aromatic carbocycles. The average molecular weight is 711 g/mol. The fraction of sp³-hybridized carbons (Fsp3) is 0.158. The van der Waals surface area contributed by atoms with Gasteiger partial charge in [0.1, 0.15) is 6.04 Å². The second-order valence-corrected chi connectivity index (χ2v) is 11.8. The standard InChI is InChI=1S/C23H20N6O3.C15H14N4O2/c1-14-11-19(28-29(14)23-25-13-16-9-5-6-10-17(16)27-23)22(32)26-18(20(30)21(24)31)12-15-7-3-2-4-8-15;1-3-21-14(20)13-8-10(2)19(18-13)15-16-9-11-6-4-5-7-12(11)17-15/h2-11,13,18H,12H2,1H3,(H2,24,31)(H,26,32);4-9H,3H2,1-2H3. The molecule has 1 atom stereocenters. The highest BCUT2D eigenvalue weighted by atomic mass is 16.5. The fourth-order valence-electron chi connectivity index (χ4n) is 5.36. The van der Waals surface area contributed by atoms with Gasteiger partial charge in [-0.25, -0.2) is 34.1 Å². The van der Waals surface area contributed by atoms with Crippen LogP contribution in [0.2, 0.25) is 0 Å². The van der Waals surface area contributed by atoms with Crippen molar-refractivity contribution in [2.75, 3.05) is 6.61 Å². The van der Waals surface area contributed by atoms with Crippen molar-refractivity contribution in [3.05, 3.63) is 132 Å². The minimum Gasteiger partial charge on any atom is -0.461 e. The van der Waals surface area contributed by atoms with Gasteiger partial charge in [-0.15, -0.1) is 0 Å². The van der Waals surface area contributed by atoms with Crippen molar-refractivity contribution in [1.29, 1.82) is 0 Å². The van der Waals surface area contributed by atoms with Crippen molar-refractivity contribution in [3.63, 3.8) is 0 Å². The Morgan fingerprint density at radius 3 is 1.79 bits per heavy atom. The number of carbonyl (C=O) groups excluding carboxylic acids is 4. The number of Topliss-reactive ketones (excluding diaryl/α,β-unsaturated/α-hetero) is 1. The highest BCUT2D eigenvalue weighted by Crippen LogP contribution is 2.16. The number of rotatable bonds is 10. The molecule has 4 aromatic heterocycles. The van der Waals surface area contributed by atoms with E-state index in [1.165, 1.54) is 4.68 Å². The minimum atomic E-state index is -1.11. The SMILES string of the molecule is CCOC(=O)c1cc(C)n(-c2ncc3ccccc3n2)n1.Cc1cc(C(=O)NC(Cc2ccccc2)C(=O)C(N)=O)nn1-c1ncc2ccccc2n1. The molecular weight excluding hydrogens is 676 g/mol. The van der Waals surface area contributed by atoms with Crippen LogP contribution in [0.15, 0.2) is 103 Å². The van der Waals surface area contributed by atoms with E-state index >= 15 is 0 Å². The molecule has 266 valence electrons. The summed E-state index contributed by atoms with van der Waals surface area (Å²) in [6.07, 6.45) is 3.55. The van der Waals surface area contributed by atoms with Crippen molar-refractivity contribution in [1.82, 2.24) is 44.8 Å². The van der Waals surface area contributed by atoms with E-state index in [-0.39, 0.29) is 17.8 Å². The van der Waals surface area contributed by atoms with Gasteiger partial charge in [-0.3, -0.25) is 14.4 Å². The van der Waals surface area contributed by atoms with Crippen LogP contribution in [-0.4, -0.2) is 75.7 Å². The van der Waals surface area contributed by atoms with Crippen LogP contribution < -0.4 is 11.1 Å². The lowest BCUT2D eigenvalue weighted by Gasteiger charge is -2.15. The molecule has 0 saturated heterocycles. The molecule has 0 saturated carbocycles. The van der Waals surface area contributed by atoms with Gasteiger partial charge in [0, 0.05) is 41.0 Å². The Bertz CT molecular complexity index is 2460. The molecule has 0 bridgehead atoms. The molecule has 3 N–H and O–H groups in total. The van der Waals surface area contributed by atoms with Crippen molar-refractivity contribution in [2.45, 2.75) is 33.2 Å². The molecule has 1 unspecified atom stereocenters. The highest BCUT2D eigenvalue weighted by Gasteiger charge is 2.27. The topological polar surface area (TPSA) is 203 Å². The predicted octanol–water partition coefficient (Wildman–Crippen LogP) is 3.82. The second-order valence-electron chi connectivity index (χ2n) is 11.8. The number of carbonyl (C=O) groups is 4. The summed E-state index contributed by atoms with van der Waals surface area (Å²) in [5.74, 6) is -2.30. The molecule has 0 fully saturated rings. The minimum absolute atomic E-state index is 0.0644. The van der Waals surface area contributed by atoms with Crippen LogP contribution in [0.5, 0.6) is 0 Å². The summed E-state index contributed by atoms with van der Waals surface area (Å²) in [4.78, 5) is 65.9. The molecular formula is C38H34N10O5. The Kier molecular flexibility index (Phi) is 10.6. The average Bonchev–Trinajstić information content (AvgIpc) is 3.77. The van der Waals surface area contributed by atoms with Gasteiger partial charge in [0.05, 0.1) is 17.6 Å². The number of ether oxygens (including phenoxy) is 1. The summed E-state index contributed by atoms with van der Waals surface area (Å²) in [6, 6.07) is 26.4. The lowest BCUT2D eigenvalue weighted by molar-refractivity contribution is -0.137. The van der Waals surface area contributed by atoms with Gasteiger partial charge in [0.25, 0.3) is 23.7 Å². The number of fused-ring (bicyclic) bond motifs is 2. The van der Waals surface area contributed by atoms with E-state index in [1.807, 2.05) is 61.5 Å². The summed E-state index contributed by atoms with van der Waals surface area (Å²) >= 11 is 0. The third-order valence-corrected chi connectivity index (χ3v) is 7.97. The van der Waals surface area contributed by atoms with Crippen LogP contribution in [0.25, 0.3) is 33.7 Å². The van der Waals surface area contributed by atoms with Crippen molar-refractivity contribution in [3.8, 4) is 11.9 Å². The van der Waals surface area contributed by atoms with Crippen molar-refractivity contribution >= 4 is 45.4 Å². The molecule has 0 aliphatic carbocycles. The Morgan fingerprint density at radius 1 is 0.736 bits per heavy atom. The van der Waals surface area contributed by atoms with Gasteiger partial charge in [-0.1, -0.05) is 66.7 Å². The Morgan fingerprint density at radius 2 is 1.25 bits per heavy atom. The lowest BCUT2D eigenvalue weighted by atomic mass is 10.0. The van der Waals surface area contributed by atoms with Gasteiger partial charge >= 0.3 is 5.97 Å². The number of aryl methyl sites for hydroxylation is 2. The largest absolute Gasteiger partial charge is 0.461 e. The molecule has 7 rings (SSSR count). The summed E-state index contributed by atoms with van der Waals surface area (Å²) < 4.78 is 7.94. The molecule has 0 radical (unpaired) electrons. The molecule has 7 aromatic rings. The number of hydrogen-bond acceptors (Lipinski definition) is 11. The molecule has 0 aliphatic rings. The maximum atomic E-state index is 12.8. The number of nitrogens with zero attached hydrogens (tertiary/aromatic N) is 8. The quantitative estimate of drug-likeness (QED) is 0.154. The fourth-order valence-corrected chi connectivity index (χ4v) is 5.36. The summed E-state index contributed by atoms with van der Waals surface area (Å²) in [5.41, 5.74) is 9.25. The zero-order valence-corrected chi connectivity index (χ0v) is 29.0. The van der Waals surface area contributed by atoms with E-state index in [0.29, 0.717) is 24.2 Å². The number of ketones is 1. The van der Waals surface area contributed by atoms with Gasteiger partial charge < -0.3 is 15.8 Å². The number of esters is 1. The Balaban J connectivity index is 0.000000198. The van der Waals surface area contributed by atoms with Crippen LogP contribution >= 0.6 is 0 Å². The number of nitrogens with two attached hydrogens (primary N) is 1. The zero-order valence-electron chi connectivity index (χ0n) is 29.0. The first kappa shape index (κ1) is 35.7. The normalized spacial score (nSPS) is 11.4. The Hall–Kier alpha value is -7.16. The Labute approximate surface area is 302 Å². The van der Waals surface area contributed by atoms with E-state index < -0.39 is 29.6 Å². The van der Waals surface area contributed by atoms with Crippen LogP contribution in [0.3, 0.4) is 0 Å². The molecule has 4 heterocycles.